The van der Waals surface area contributed by atoms with E-state index in [1.165, 1.54) is 0 Å². The molecule has 1 atom stereocenters. The van der Waals surface area contributed by atoms with Gasteiger partial charge in [-0.15, -0.1) is 0 Å². The fourth-order valence-corrected chi connectivity index (χ4v) is 1.40. The minimum Gasteiger partial charge on any atom is -0.274 e. The number of rotatable bonds is 3. The van der Waals surface area contributed by atoms with E-state index in [4.69, 9.17) is 0 Å². The highest BCUT2D eigenvalue weighted by Gasteiger charge is 2.42. The summed E-state index contributed by atoms with van der Waals surface area (Å²) in [6.45, 7) is 2.05. The van der Waals surface area contributed by atoms with Crippen LogP contribution in [-0.2, 0) is 9.63 Å². The number of nitrogens with one attached hydrogen (secondary N) is 1. The molecule has 0 heterocycles. The zero-order valence-electron chi connectivity index (χ0n) is 7.48. The molecular weight excluding hydrogens is 180 g/mol. The molecule has 0 aliphatic heterocycles. The lowest BCUT2D eigenvalue weighted by Gasteiger charge is -2.10. The molecule has 1 rings (SSSR count). The summed E-state index contributed by atoms with van der Waals surface area (Å²) >= 11 is 0. The van der Waals surface area contributed by atoms with Gasteiger partial charge in [-0.25, -0.2) is 14.3 Å². The molecule has 0 bridgehead atoms. The minimum atomic E-state index is -2.67. The van der Waals surface area contributed by atoms with Gasteiger partial charge in [-0.2, -0.15) is 0 Å². The molecule has 1 saturated carbocycles. The first-order chi connectivity index (χ1) is 6.05. The molecule has 1 fully saturated rings. The summed E-state index contributed by atoms with van der Waals surface area (Å²) in [5.41, 5.74) is 2.14. The van der Waals surface area contributed by atoms with Gasteiger partial charge in [-0.3, -0.25) is 9.63 Å². The lowest BCUT2D eigenvalue weighted by Crippen LogP contribution is -2.30. The summed E-state index contributed by atoms with van der Waals surface area (Å²) in [6.07, 6.45) is -0.310. The van der Waals surface area contributed by atoms with Crippen LogP contribution < -0.4 is 5.48 Å². The molecule has 76 valence electrons. The molecule has 13 heavy (non-hydrogen) atoms. The molecule has 0 spiro atoms. The van der Waals surface area contributed by atoms with E-state index in [-0.39, 0.29) is 19.3 Å². The number of alkyl halides is 2. The summed E-state index contributed by atoms with van der Waals surface area (Å²) in [5, 5.41) is 0. The second-order valence-electron chi connectivity index (χ2n) is 3.19. The van der Waals surface area contributed by atoms with E-state index in [9.17, 15) is 13.6 Å². The van der Waals surface area contributed by atoms with E-state index >= 15 is 0 Å². The third-order valence-corrected chi connectivity index (χ3v) is 2.09. The van der Waals surface area contributed by atoms with Gasteiger partial charge in [-0.1, -0.05) is 0 Å². The highest BCUT2D eigenvalue weighted by atomic mass is 19.3. The fourth-order valence-electron chi connectivity index (χ4n) is 1.40. The lowest BCUT2D eigenvalue weighted by molar-refractivity contribution is -0.138. The largest absolute Gasteiger partial charge is 0.274 e. The number of hydroxylamine groups is 1. The van der Waals surface area contributed by atoms with Crippen molar-refractivity contribution in [3.63, 3.8) is 0 Å². The van der Waals surface area contributed by atoms with Crippen LogP contribution >= 0.6 is 0 Å². The normalized spacial score (nSPS) is 25.9. The SMILES string of the molecule is CCONC(=O)C1CCC(F)(F)C1. The summed E-state index contributed by atoms with van der Waals surface area (Å²) < 4.78 is 25.3. The summed E-state index contributed by atoms with van der Waals surface area (Å²) in [6, 6.07) is 0. The average Bonchev–Trinajstić information content (AvgIpc) is 2.42. The average molecular weight is 193 g/mol. The van der Waals surface area contributed by atoms with Crippen molar-refractivity contribution in [2.45, 2.75) is 32.1 Å². The molecule has 1 N–H and O–H groups in total. The van der Waals surface area contributed by atoms with Crippen molar-refractivity contribution >= 4 is 5.91 Å². The number of carbonyl (C=O) groups excluding carboxylic acids is 1. The van der Waals surface area contributed by atoms with Gasteiger partial charge < -0.3 is 0 Å². The Morgan fingerprint density at radius 2 is 2.38 bits per heavy atom. The van der Waals surface area contributed by atoms with Gasteiger partial charge in [0.1, 0.15) is 0 Å². The zero-order chi connectivity index (χ0) is 9.90. The molecule has 0 aromatic heterocycles. The first kappa shape index (κ1) is 10.4. The molecule has 1 aliphatic carbocycles. The maximum Gasteiger partial charge on any atom is 0.248 e. The van der Waals surface area contributed by atoms with Gasteiger partial charge in [0.2, 0.25) is 11.8 Å². The second kappa shape index (κ2) is 4.00. The van der Waals surface area contributed by atoms with Gasteiger partial charge in [0, 0.05) is 18.8 Å². The Morgan fingerprint density at radius 1 is 1.69 bits per heavy atom. The minimum absolute atomic E-state index is 0.197. The Hall–Kier alpha value is -0.710. The predicted molar refractivity (Wildman–Crippen MR) is 42.1 cm³/mol. The fraction of sp³-hybridized carbons (Fsp3) is 0.875. The topological polar surface area (TPSA) is 38.3 Å². The van der Waals surface area contributed by atoms with Crippen molar-refractivity contribution in [3.05, 3.63) is 0 Å². The third-order valence-electron chi connectivity index (χ3n) is 2.09. The Bertz CT molecular complexity index is 197. The standard InChI is InChI=1S/C8H13F2NO2/c1-2-13-11-7(12)6-3-4-8(9,10)5-6/h6H,2-5H2,1H3,(H,11,12). The van der Waals surface area contributed by atoms with Crippen LogP contribution in [0, 0.1) is 5.92 Å². The zero-order valence-corrected chi connectivity index (χ0v) is 7.48. The summed E-state index contributed by atoms with van der Waals surface area (Å²) in [5.74, 6) is -3.70. The highest BCUT2D eigenvalue weighted by molar-refractivity contribution is 5.78. The van der Waals surface area contributed by atoms with Crippen LogP contribution in [0.1, 0.15) is 26.2 Å². The quantitative estimate of drug-likeness (QED) is 0.689. The van der Waals surface area contributed by atoms with E-state index in [1.54, 1.807) is 6.92 Å². The van der Waals surface area contributed by atoms with E-state index in [0.717, 1.165) is 0 Å². The van der Waals surface area contributed by atoms with Crippen LogP contribution in [-0.4, -0.2) is 18.4 Å². The maximum atomic E-state index is 12.7. The molecule has 1 aliphatic rings. The van der Waals surface area contributed by atoms with Crippen molar-refractivity contribution in [1.82, 2.24) is 5.48 Å². The van der Waals surface area contributed by atoms with Gasteiger partial charge in [-0.05, 0) is 13.3 Å². The van der Waals surface area contributed by atoms with E-state index in [2.05, 4.69) is 10.3 Å². The van der Waals surface area contributed by atoms with Gasteiger partial charge in [0.25, 0.3) is 0 Å². The number of carbonyl (C=O) groups is 1. The second-order valence-corrected chi connectivity index (χ2v) is 3.19. The van der Waals surface area contributed by atoms with Crippen molar-refractivity contribution in [1.29, 1.82) is 0 Å². The first-order valence-electron chi connectivity index (χ1n) is 4.34. The van der Waals surface area contributed by atoms with Crippen LogP contribution in [0.4, 0.5) is 8.78 Å². The summed E-state index contributed by atoms with van der Waals surface area (Å²) in [4.78, 5) is 15.8. The van der Waals surface area contributed by atoms with E-state index in [0.29, 0.717) is 6.61 Å². The summed E-state index contributed by atoms with van der Waals surface area (Å²) in [7, 11) is 0. The van der Waals surface area contributed by atoms with E-state index in [1.807, 2.05) is 0 Å². The first-order valence-corrected chi connectivity index (χ1v) is 4.34. The van der Waals surface area contributed by atoms with Crippen LogP contribution in [0.25, 0.3) is 0 Å². The Labute approximate surface area is 75.4 Å². The van der Waals surface area contributed by atoms with Crippen molar-refractivity contribution in [3.8, 4) is 0 Å². The molecule has 1 amide bonds. The number of hydrogen-bond donors (Lipinski definition) is 1. The molecule has 0 saturated heterocycles. The van der Waals surface area contributed by atoms with Crippen LogP contribution in [0.15, 0.2) is 0 Å². The Morgan fingerprint density at radius 3 is 2.85 bits per heavy atom. The molecular formula is C8H13F2NO2. The Kier molecular flexibility index (Phi) is 3.19. The van der Waals surface area contributed by atoms with Gasteiger partial charge >= 0.3 is 0 Å². The van der Waals surface area contributed by atoms with Crippen LogP contribution in [0.2, 0.25) is 0 Å². The monoisotopic (exact) mass is 193 g/mol. The third kappa shape index (κ3) is 2.91. The molecule has 3 nitrogen and oxygen atoms in total. The smallest absolute Gasteiger partial charge is 0.248 e. The molecule has 0 radical (unpaired) electrons. The lowest BCUT2D eigenvalue weighted by atomic mass is 10.1. The number of amides is 1. The molecule has 5 heteroatoms. The number of hydrogen-bond acceptors (Lipinski definition) is 2. The number of halogens is 2. The predicted octanol–water partition coefficient (Wildman–Crippen LogP) is 1.49. The van der Waals surface area contributed by atoms with Crippen LogP contribution in [0.3, 0.4) is 0 Å². The maximum absolute atomic E-state index is 12.7. The van der Waals surface area contributed by atoms with Gasteiger partial charge in [0.05, 0.1) is 6.61 Å². The Balaban J connectivity index is 2.33. The molecule has 0 aromatic carbocycles. The van der Waals surface area contributed by atoms with Crippen LogP contribution in [0.5, 0.6) is 0 Å². The van der Waals surface area contributed by atoms with Crippen molar-refractivity contribution in [2.75, 3.05) is 6.61 Å². The van der Waals surface area contributed by atoms with Gasteiger partial charge in [0.15, 0.2) is 0 Å². The highest BCUT2D eigenvalue weighted by Crippen LogP contribution is 2.38. The van der Waals surface area contributed by atoms with Crippen molar-refractivity contribution < 1.29 is 18.4 Å². The molecule has 0 aromatic rings. The van der Waals surface area contributed by atoms with Crippen molar-refractivity contribution in [2.24, 2.45) is 5.92 Å². The van der Waals surface area contributed by atoms with E-state index < -0.39 is 17.7 Å². The molecule has 1 unspecified atom stereocenters.